The first kappa shape index (κ1) is 26.9. The van der Waals surface area contributed by atoms with E-state index in [1.165, 1.54) is 37.0 Å². The van der Waals surface area contributed by atoms with Gasteiger partial charge in [0.25, 0.3) is 5.91 Å². The third kappa shape index (κ3) is 4.57. The van der Waals surface area contributed by atoms with Gasteiger partial charge in [-0.15, -0.1) is 11.3 Å². The average molecular weight is 565 g/mol. The smallest absolute Gasteiger partial charge is 0.334 e. The summed E-state index contributed by atoms with van der Waals surface area (Å²) in [5, 5.41) is 15.9. The number of nitrogens with zero attached hydrogens (tertiary/aromatic N) is 3. The highest BCUT2D eigenvalue weighted by atomic mass is 35.5. The zero-order valence-corrected chi connectivity index (χ0v) is 20.6. The van der Waals surface area contributed by atoms with Crippen LogP contribution in [-0.4, -0.2) is 33.6 Å². The molecule has 0 saturated heterocycles. The molecule has 0 bridgehead atoms. The van der Waals surface area contributed by atoms with Gasteiger partial charge in [0, 0.05) is 22.2 Å². The largest absolute Gasteiger partial charge is 0.435 e. The van der Waals surface area contributed by atoms with E-state index < -0.39 is 35.0 Å². The van der Waals surface area contributed by atoms with Crippen LogP contribution in [0.1, 0.15) is 39.9 Å². The molecule has 196 valence electrons. The monoisotopic (exact) mass is 564 g/mol. The van der Waals surface area contributed by atoms with Crippen molar-refractivity contribution in [1.29, 1.82) is 5.26 Å². The number of hydrogen-bond acceptors (Lipinski definition) is 4. The molecule has 0 spiro atoms. The lowest BCUT2D eigenvalue weighted by Crippen LogP contribution is -2.50. The predicted molar refractivity (Wildman–Crippen MR) is 121 cm³/mol. The summed E-state index contributed by atoms with van der Waals surface area (Å²) in [5.74, 6) is -0.523. The lowest BCUT2D eigenvalue weighted by molar-refractivity contribution is -0.348. The molecular weight excluding hydrogens is 549 g/mol. The van der Waals surface area contributed by atoms with Crippen LogP contribution >= 0.6 is 22.9 Å². The summed E-state index contributed by atoms with van der Waals surface area (Å²) in [6.45, 7) is 2.49. The second kappa shape index (κ2) is 8.73. The van der Waals surface area contributed by atoms with E-state index in [9.17, 15) is 35.5 Å². The number of halogens is 8. The number of aryl methyl sites for hydroxylation is 2. The Morgan fingerprint density at radius 1 is 1.11 bits per heavy atom. The lowest BCUT2D eigenvalue weighted by Gasteiger charge is -2.31. The van der Waals surface area contributed by atoms with Gasteiger partial charge in [0.15, 0.2) is 0 Å². The van der Waals surface area contributed by atoms with Crippen LogP contribution < -0.4 is 5.32 Å². The molecule has 1 amide bonds. The minimum atomic E-state index is -6.22. The van der Waals surface area contributed by atoms with Crippen molar-refractivity contribution < 1.29 is 35.5 Å². The van der Waals surface area contributed by atoms with Gasteiger partial charge in [-0.05, 0) is 43.9 Å². The number of nitrogens with one attached hydrogen (secondary N) is 1. The number of carbonyl (C=O) groups excluding carboxylic acids is 1. The van der Waals surface area contributed by atoms with Crippen molar-refractivity contribution in [3.05, 3.63) is 57.2 Å². The van der Waals surface area contributed by atoms with E-state index in [-0.39, 0.29) is 26.7 Å². The molecule has 5 nitrogen and oxygen atoms in total. The fourth-order valence-electron chi connectivity index (χ4n) is 3.92. The lowest BCUT2D eigenvalue weighted by atomic mass is 9.90. The maximum absolute atomic E-state index is 14.6. The van der Waals surface area contributed by atoms with E-state index in [1.807, 2.05) is 6.07 Å². The molecule has 3 aromatic rings. The highest BCUT2D eigenvalue weighted by molar-refractivity contribution is 7.19. The average Bonchev–Trinajstić information content (AvgIpc) is 3.19. The van der Waals surface area contributed by atoms with Gasteiger partial charge < -0.3 is 5.32 Å². The standard InChI is InChI=1S/C23H16ClF7N4OS/c1-11-5-14(21(25,22(26,27)28)23(29,30)31)6-12(2)17(11)35-9-13(8-33-35)16-7-15(18(24)37-16)19(36)34-20(10-32)3-4-20/h5-9H,3-4H2,1-2H3,(H,34,36). The molecule has 4 rings (SSSR count). The summed E-state index contributed by atoms with van der Waals surface area (Å²) in [5.41, 5.74) is -7.40. The van der Waals surface area contributed by atoms with Crippen LogP contribution in [0.3, 0.4) is 0 Å². The molecule has 37 heavy (non-hydrogen) atoms. The van der Waals surface area contributed by atoms with Gasteiger partial charge in [-0.1, -0.05) is 23.7 Å². The Labute approximate surface area is 214 Å². The van der Waals surface area contributed by atoms with Crippen LogP contribution in [0.4, 0.5) is 30.7 Å². The number of rotatable bonds is 5. The van der Waals surface area contributed by atoms with Crippen molar-refractivity contribution in [2.24, 2.45) is 0 Å². The quantitative estimate of drug-likeness (QED) is 0.341. The van der Waals surface area contributed by atoms with E-state index in [0.717, 1.165) is 11.3 Å². The summed E-state index contributed by atoms with van der Waals surface area (Å²) >= 11 is 7.27. The van der Waals surface area contributed by atoms with Gasteiger partial charge in [-0.25, -0.2) is 9.07 Å². The summed E-state index contributed by atoms with van der Waals surface area (Å²) in [6, 6.07) is 4.53. The normalized spacial score (nSPS) is 15.4. The maximum atomic E-state index is 14.6. The van der Waals surface area contributed by atoms with Crippen molar-refractivity contribution in [2.45, 2.75) is 50.2 Å². The third-order valence-corrected chi connectivity index (χ3v) is 7.42. The van der Waals surface area contributed by atoms with Crippen LogP contribution in [-0.2, 0) is 5.67 Å². The zero-order valence-electron chi connectivity index (χ0n) is 19.0. The molecule has 1 aliphatic carbocycles. The topological polar surface area (TPSA) is 70.7 Å². The Bertz CT molecular complexity index is 1390. The molecule has 1 aromatic carbocycles. The Morgan fingerprint density at radius 2 is 1.68 bits per heavy atom. The number of amides is 1. The van der Waals surface area contributed by atoms with Crippen molar-refractivity contribution in [1.82, 2.24) is 15.1 Å². The fraction of sp³-hybridized carbons (Fsp3) is 0.348. The van der Waals surface area contributed by atoms with E-state index >= 15 is 0 Å². The first-order chi connectivity index (χ1) is 17.0. The third-order valence-electron chi connectivity index (χ3n) is 6.01. The second-order valence-corrected chi connectivity index (χ2v) is 10.4. The minimum Gasteiger partial charge on any atom is -0.334 e. The van der Waals surface area contributed by atoms with E-state index in [1.54, 1.807) is 0 Å². The number of thiophene rings is 1. The minimum absolute atomic E-state index is 0.0734. The van der Waals surface area contributed by atoms with Gasteiger partial charge in [0.1, 0.15) is 9.88 Å². The molecule has 14 heteroatoms. The van der Waals surface area contributed by atoms with Crippen LogP contribution in [0.25, 0.3) is 16.1 Å². The van der Waals surface area contributed by atoms with Crippen molar-refractivity contribution in [2.75, 3.05) is 0 Å². The van der Waals surface area contributed by atoms with Crippen LogP contribution in [0.2, 0.25) is 4.34 Å². The maximum Gasteiger partial charge on any atom is 0.435 e. The molecule has 1 saturated carbocycles. The number of carbonyl (C=O) groups is 1. The molecule has 2 aromatic heterocycles. The highest BCUT2D eigenvalue weighted by Crippen LogP contribution is 2.53. The Hall–Kier alpha value is -3.11. The highest BCUT2D eigenvalue weighted by Gasteiger charge is 2.73. The summed E-state index contributed by atoms with van der Waals surface area (Å²) in [6.07, 6.45) is -8.56. The zero-order chi connectivity index (χ0) is 27.6. The first-order valence-electron chi connectivity index (χ1n) is 10.6. The number of hydrogen-bond donors (Lipinski definition) is 1. The van der Waals surface area contributed by atoms with E-state index in [4.69, 9.17) is 16.9 Å². The Balaban J connectivity index is 1.68. The molecule has 1 fully saturated rings. The van der Waals surface area contributed by atoms with Crippen LogP contribution in [0.15, 0.2) is 30.6 Å². The SMILES string of the molecule is Cc1cc(C(F)(C(F)(F)F)C(F)(F)F)cc(C)c1-n1cc(-c2cc(C(=O)NC3(C#N)CC3)c(Cl)s2)cn1. The van der Waals surface area contributed by atoms with Gasteiger partial charge in [-0.3, -0.25) is 4.79 Å². The number of nitriles is 1. The summed E-state index contributed by atoms with van der Waals surface area (Å²) < 4.78 is 95.2. The van der Waals surface area contributed by atoms with Crippen molar-refractivity contribution in [3.8, 4) is 22.2 Å². The van der Waals surface area contributed by atoms with Gasteiger partial charge in [0.2, 0.25) is 0 Å². The second-order valence-electron chi connectivity index (χ2n) is 8.73. The molecule has 2 heterocycles. The first-order valence-corrected chi connectivity index (χ1v) is 11.7. The molecule has 1 N–H and O–H groups in total. The number of alkyl halides is 7. The number of benzene rings is 1. The van der Waals surface area contributed by atoms with Crippen molar-refractivity contribution >= 4 is 28.8 Å². The molecule has 0 aliphatic heterocycles. The Kier molecular flexibility index (Phi) is 6.36. The van der Waals surface area contributed by atoms with E-state index in [0.29, 0.717) is 35.4 Å². The van der Waals surface area contributed by atoms with Gasteiger partial charge in [0.05, 0.1) is 23.5 Å². The number of aromatic nitrogens is 2. The summed E-state index contributed by atoms with van der Waals surface area (Å²) in [7, 11) is 0. The molecule has 1 aliphatic rings. The van der Waals surface area contributed by atoms with Crippen LogP contribution in [0.5, 0.6) is 0 Å². The van der Waals surface area contributed by atoms with Gasteiger partial charge >= 0.3 is 18.0 Å². The predicted octanol–water partition coefficient (Wildman–Crippen LogP) is 6.95. The molecule has 0 unspecified atom stereocenters. The molecule has 0 atom stereocenters. The fourth-order valence-corrected chi connectivity index (χ4v) is 5.16. The van der Waals surface area contributed by atoms with Crippen LogP contribution in [0, 0.1) is 25.2 Å². The Morgan fingerprint density at radius 3 is 2.16 bits per heavy atom. The summed E-state index contributed by atoms with van der Waals surface area (Å²) in [4.78, 5) is 13.0. The van der Waals surface area contributed by atoms with Gasteiger partial charge in [-0.2, -0.15) is 36.7 Å². The van der Waals surface area contributed by atoms with E-state index in [2.05, 4.69) is 10.4 Å². The van der Waals surface area contributed by atoms with Crippen molar-refractivity contribution in [3.63, 3.8) is 0 Å². The molecule has 0 radical (unpaired) electrons. The molecular formula is C23H16ClF7N4OS.